The molecule has 6 nitrogen and oxygen atoms in total. The van der Waals surface area contributed by atoms with E-state index in [9.17, 15) is 4.79 Å². The van der Waals surface area contributed by atoms with Crippen molar-refractivity contribution in [3.8, 4) is 17.2 Å². The number of benzene rings is 1. The molecular formula is C22H27N3O3. The summed E-state index contributed by atoms with van der Waals surface area (Å²) in [6.45, 7) is 1.90. The second-order valence-corrected chi connectivity index (χ2v) is 6.90. The molecule has 0 aliphatic rings. The molecule has 3 rings (SSSR count). The average molecular weight is 381 g/mol. The van der Waals surface area contributed by atoms with E-state index in [-0.39, 0.29) is 6.04 Å². The Bertz CT molecular complexity index is 936. The summed E-state index contributed by atoms with van der Waals surface area (Å²) in [6.07, 6.45) is 6.55. The molecule has 0 fully saturated rings. The highest BCUT2D eigenvalue weighted by Gasteiger charge is 2.17. The molecule has 0 amide bonds. The van der Waals surface area contributed by atoms with Gasteiger partial charge < -0.3 is 14.9 Å². The number of ether oxygens (including phenoxy) is 1. The molecule has 1 atom stereocenters. The molecule has 0 aliphatic heterocycles. The normalized spacial score (nSPS) is 12.2. The maximum absolute atomic E-state index is 11.3. The molecule has 0 radical (unpaired) electrons. The number of Topliss-reactive ketones (excluding diaryl/α,β-unsaturated/α-hetero) is 1. The van der Waals surface area contributed by atoms with Crippen LogP contribution in [0.1, 0.15) is 57.4 Å². The van der Waals surface area contributed by atoms with Crippen LogP contribution in [0.5, 0.6) is 5.88 Å². The number of nitrogens with zero attached hydrogens (tertiary/aromatic N) is 2. The van der Waals surface area contributed by atoms with Crippen molar-refractivity contribution in [3.63, 3.8) is 0 Å². The van der Waals surface area contributed by atoms with Crippen molar-refractivity contribution in [2.45, 2.75) is 51.5 Å². The van der Waals surface area contributed by atoms with Gasteiger partial charge in [-0.1, -0.05) is 38.0 Å². The minimum atomic E-state index is -0.268. The summed E-state index contributed by atoms with van der Waals surface area (Å²) in [5.74, 6) is 1.92. The molecule has 148 valence electrons. The van der Waals surface area contributed by atoms with Gasteiger partial charge in [-0.25, -0.2) is 9.97 Å². The van der Waals surface area contributed by atoms with E-state index in [1.807, 2.05) is 37.3 Å². The molecule has 6 heteroatoms. The number of nitrogens with two attached hydrogens (primary N) is 1. The molecule has 0 unspecified atom stereocenters. The average Bonchev–Trinajstić information content (AvgIpc) is 3.22. The number of ketones is 1. The number of pyridine rings is 1. The molecular weight excluding hydrogens is 354 g/mol. The van der Waals surface area contributed by atoms with Crippen LogP contribution in [0, 0.1) is 0 Å². The van der Waals surface area contributed by atoms with Crippen LogP contribution in [0.15, 0.2) is 40.9 Å². The van der Waals surface area contributed by atoms with Crippen LogP contribution in [0.2, 0.25) is 0 Å². The number of unbranched alkanes of at least 4 members (excludes halogenated alkanes) is 2. The number of carbonyl (C=O) groups is 1. The second kappa shape index (κ2) is 9.46. The lowest BCUT2D eigenvalue weighted by Gasteiger charge is -2.08. The summed E-state index contributed by atoms with van der Waals surface area (Å²) in [4.78, 5) is 20.2. The van der Waals surface area contributed by atoms with E-state index in [1.165, 1.54) is 0 Å². The summed E-state index contributed by atoms with van der Waals surface area (Å²) < 4.78 is 11.4. The Kier molecular flexibility index (Phi) is 6.76. The van der Waals surface area contributed by atoms with Gasteiger partial charge in [0.1, 0.15) is 5.78 Å². The molecule has 0 saturated heterocycles. The third-order valence-electron chi connectivity index (χ3n) is 4.85. The van der Waals surface area contributed by atoms with E-state index < -0.39 is 0 Å². The first-order valence-electron chi connectivity index (χ1n) is 9.79. The number of rotatable bonds is 10. The quantitative estimate of drug-likeness (QED) is 0.506. The topological polar surface area (TPSA) is 91.2 Å². The highest BCUT2D eigenvalue weighted by molar-refractivity contribution is 5.85. The van der Waals surface area contributed by atoms with E-state index in [2.05, 4.69) is 9.97 Å². The zero-order chi connectivity index (χ0) is 19.9. The SMILES string of the molecule is CCC(=O)CCCCC[C@H](N)c1ncc(-c2cc3ccccc3nc2OC)o1. The Balaban J connectivity index is 1.66. The fraction of sp³-hybridized carbons (Fsp3) is 0.409. The molecule has 2 aromatic heterocycles. The molecule has 2 N–H and O–H groups in total. The lowest BCUT2D eigenvalue weighted by Crippen LogP contribution is -2.10. The van der Waals surface area contributed by atoms with Crippen LogP contribution < -0.4 is 10.5 Å². The Labute approximate surface area is 165 Å². The molecule has 0 bridgehead atoms. The monoisotopic (exact) mass is 381 g/mol. The third kappa shape index (κ3) is 4.75. The van der Waals surface area contributed by atoms with E-state index in [4.69, 9.17) is 14.9 Å². The highest BCUT2D eigenvalue weighted by Crippen LogP contribution is 2.33. The summed E-state index contributed by atoms with van der Waals surface area (Å²) in [6, 6.07) is 9.57. The van der Waals surface area contributed by atoms with Crippen LogP contribution >= 0.6 is 0 Å². The Morgan fingerprint density at radius 3 is 2.86 bits per heavy atom. The van der Waals surface area contributed by atoms with E-state index >= 15 is 0 Å². The first-order valence-corrected chi connectivity index (χ1v) is 9.79. The summed E-state index contributed by atoms with van der Waals surface area (Å²) >= 11 is 0. The van der Waals surface area contributed by atoms with Crippen molar-refractivity contribution in [2.24, 2.45) is 5.73 Å². The Hall–Kier alpha value is -2.73. The van der Waals surface area contributed by atoms with Crippen molar-refractivity contribution in [1.82, 2.24) is 9.97 Å². The van der Waals surface area contributed by atoms with Gasteiger partial charge in [-0.15, -0.1) is 0 Å². The zero-order valence-corrected chi connectivity index (χ0v) is 16.5. The molecule has 0 spiro atoms. The first kappa shape index (κ1) is 20.0. The summed E-state index contributed by atoms with van der Waals surface area (Å²) in [5.41, 5.74) is 7.86. The number of oxazole rings is 1. The lowest BCUT2D eigenvalue weighted by atomic mass is 10.1. The van der Waals surface area contributed by atoms with Crippen molar-refractivity contribution >= 4 is 16.7 Å². The summed E-state index contributed by atoms with van der Waals surface area (Å²) in [7, 11) is 1.59. The van der Waals surface area contributed by atoms with Crippen LogP contribution in [0.4, 0.5) is 0 Å². The van der Waals surface area contributed by atoms with Crippen molar-refractivity contribution in [2.75, 3.05) is 7.11 Å². The maximum atomic E-state index is 11.3. The predicted molar refractivity (Wildman–Crippen MR) is 109 cm³/mol. The number of carbonyl (C=O) groups excluding carboxylic acids is 1. The minimum absolute atomic E-state index is 0.268. The summed E-state index contributed by atoms with van der Waals surface area (Å²) in [5, 5.41) is 1.00. The van der Waals surface area contributed by atoms with Crippen LogP contribution in [0.25, 0.3) is 22.2 Å². The van der Waals surface area contributed by atoms with Gasteiger partial charge in [0.25, 0.3) is 0 Å². The lowest BCUT2D eigenvalue weighted by molar-refractivity contribution is -0.118. The Morgan fingerprint density at radius 1 is 1.25 bits per heavy atom. The molecule has 28 heavy (non-hydrogen) atoms. The molecule has 1 aromatic carbocycles. The van der Waals surface area contributed by atoms with Crippen molar-refractivity contribution in [3.05, 3.63) is 42.4 Å². The molecule has 3 aromatic rings. The van der Waals surface area contributed by atoms with Gasteiger partial charge in [0.2, 0.25) is 11.8 Å². The van der Waals surface area contributed by atoms with Gasteiger partial charge in [0.15, 0.2) is 5.76 Å². The van der Waals surface area contributed by atoms with Gasteiger partial charge >= 0.3 is 0 Å². The van der Waals surface area contributed by atoms with Gasteiger partial charge in [0, 0.05) is 18.2 Å². The molecule has 0 saturated carbocycles. The van der Waals surface area contributed by atoms with Gasteiger partial charge in [-0.05, 0) is 25.0 Å². The molecule has 0 aliphatic carbocycles. The third-order valence-corrected chi connectivity index (χ3v) is 4.85. The van der Waals surface area contributed by atoms with Crippen LogP contribution in [-0.4, -0.2) is 22.9 Å². The maximum Gasteiger partial charge on any atom is 0.224 e. The number of aromatic nitrogens is 2. The van der Waals surface area contributed by atoms with Crippen molar-refractivity contribution < 1.29 is 13.9 Å². The molecule has 2 heterocycles. The van der Waals surface area contributed by atoms with Gasteiger partial charge in [-0.2, -0.15) is 0 Å². The van der Waals surface area contributed by atoms with E-state index in [1.54, 1.807) is 13.3 Å². The smallest absolute Gasteiger partial charge is 0.224 e. The Morgan fingerprint density at radius 2 is 2.07 bits per heavy atom. The first-order chi connectivity index (χ1) is 13.6. The van der Waals surface area contributed by atoms with Crippen LogP contribution in [0.3, 0.4) is 0 Å². The van der Waals surface area contributed by atoms with E-state index in [0.29, 0.717) is 36.2 Å². The van der Waals surface area contributed by atoms with E-state index in [0.717, 1.165) is 42.1 Å². The van der Waals surface area contributed by atoms with Gasteiger partial charge in [-0.3, -0.25) is 4.79 Å². The largest absolute Gasteiger partial charge is 0.480 e. The van der Waals surface area contributed by atoms with Crippen molar-refractivity contribution in [1.29, 1.82) is 0 Å². The highest BCUT2D eigenvalue weighted by atomic mass is 16.5. The number of fused-ring (bicyclic) bond motifs is 1. The van der Waals surface area contributed by atoms with Crippen LogP contribution in [-0.2, 0) is 4.79 Å². The number of para-hydroxylation sites is 1. The number of methoxy groups -OCH3 is 1. The fourth-order valence-electron chi connectivity index (χ4n) is 3.18. The minimum Gasteiger partial charge on any atom is -0.480 e. The second-order valence-electron chi connectivity index (χ2n) is 6.90. The predicted octanol–water partition coefficient (Wildman–Crippen LogP) is 4.83. The zero-order valence-electron chi connectivity index (χ0n) is 16.5. The number of hydrogen-bond acceptors (Lipinski definition) is 6. The standard InChI is InChI=1S/C22H27N3O3/c1-3-16(26)10-5-4-6-11-18(23)22-24-14-20(28-22)17-13-15-9-7-8-12-19(15)25-21(17)27-2/h7-9,12-14,18H,3-6,10-11,23H2,1-2H3/t18-/m0/s1. The number of hydrogen-bond donors (Lipinski definition) is 1. The van der Waals surface area contributed by atoms with Gasteiger partial charge in [0.05, 0.1) is 30.4 Å². The fourth-order valence-corrected chi connectivity index (χ4v) is 3.18.